The molecular weight excluding hydrogens is 370 g/mol. The molecule has 0 amide bonds. The standard InChI is InChI=1S/C27H21NO2/c1-3-20-29-26-16-10-22(11-17-26)8-14-24-6-5-7-25(28-24)15-9-23-12-18-27(19-13-23)30-21-4-2/h1-2,5-19H,20-21H2. The smallest absolute Gasteiger partial charge is 0.148 e. The number of benzene rings is 2. The summed E-state index contributed by atoms with van der Waals surface area (Å²) in [5, 5.41) is 0. The van der Waals surface area contributed by atoms with E-state index in [2.05, 4.69) is 16.8 Å². The SMILES string of the molecule is C#CCOc1ccc(C=Cc2cccc(C=Cc3ccc(OCC#C)cc3)n2)cc1. The van der Waals surface area contributed by atoms with E-state index in [-0.39, 0.29) is 13.2 Å². The summed E-state index contributed by atoms with van der Waals surface area (Å²) < 4.78 is 10.8. The first-order valence-corrected chi connectivity index (χ1v) is 9.43. The van der Waals surface area contributed by atoms with Crippen LogP contribution in [0.25, 0.3) is 24.3 Å². The maximum absolute atomic E-state index is 5.38. The number of rotatable bonds is 8. The van der Waals surface area contributed by atoms with E-state index in [1.54, 1.807) is 0 Å². The van der Waals surface area contributed by atoms with E-state index < -0.39 is 0 Å². The van der Waals surface area contributed by atoms with Crippen LogP contribution in [0.2, 0.25) is 0 Å². The number of terminal acetylenes is 2. The lowest BCUT2D eigenvalue weighted by atomic mass is 10.1. The van der Waals surface area contributed by atoms with Crippen LogP contribution in [0.3, 0.4) is 0 Å². The van der Waals surface area contributed by atoms with Crippen LogP contribution in [0.5, 0.6) is 11.5 Å². The first kappa shape index (κ1) is 20.5. The highest BCUT2D eigenvalue weighted by Crippen LogP contribution is 2.16. The molecule has 1 heterocycles. The summed E-state index contributed by atoms with van der Waals surface area (Å²) >= 11 is 0. The van der Waals surface area contributed by atoms with Gasteiger partial charge in [-0.15, -0.1) is 12.8 Å². The van der Waals surface area contributed by atoms with Crippen molar-refractivity contribution in [2.75, 3.05) is 13.2 Å². The van der Waals surface area contributed by atoms with Crippen LogP contribution >= 0.6 is 0 Å². The molecule has 0 N–H and O–H groups in total. The molecule has 0 radical (unpaired) electrons. The highest BCUT2D eigenvalue weighted by Gasteiger charge is 1.96. The summed E-state index contributed by atoms with van der Waals surface area (Å²) in [7, 11) is 0. The van der Waals surface area contributed by atoms with Gasteiger partial charge in [0.15, 0.2) is 0 Å². The Morgan fingerprint density at radius 3 is 1.47 bits per heavy atom. The first-order valence-electron chi connectivity index (χ1n) is 9.43. The van der Waals surface area contributed by atoms with Crippen molar-refractivity contribution in [3.8, 4) is 36.2 Å². The third kappa shape index (κ3) is 6.44. The van der Waals surface area contributed by atoms with E-state index in [0.29, 0.717) is 0 Å². The van der Waals surface area contributed by atoms with Gasteiger partial charge in [0.2, 0.25) is 0 Å². The predicted molar refractivity (Wildman–Crippen MR) is 124 cm³/mol. The Morgan fingerprint density at radius 2 is 1.07 bits per heavy atom. The second kappa shape index (κ2) is 11.0. The van der Waals surface area contributed by atoms with Crippen molar-refractivity contribution in [3.63, 3.8) is 0 Å². The number of hydrogen-bond acceptors (Lipinski definition) is 3. The Hall–Kier alpha value is -4.21. The number of pyridine rings is 1. The van der Waals surface area contributed by atoms with Crippen LogP contribution in [0.1, 0.15) is 22.5 Å². The molecule has 0 saturated carbocycles. The molecule has 2 aromatic carbocycles. The van der Waals surface area contributed by atoms with Crippen molar-refractivity contribution in [2.45, 2.75) is 0 Å². The molecule has 0 bridgehead atoms. The highest BCUT2D eigenvalue weighted by atomic mass is 16.5. The fourth-order valence-electron chi connectivity index (χ4n) is 2.62. The molecule has 0 aliphatic carbocycles. The summed E-state index contributed by atoms with van der Waals surface area (Å²) in [6.45, 7) is 0.534. The number of ether oxygens (including phenoxy) is 2. The monoisotopic (exact) mass is 391 g/mol. The fourth-order valence-corrected chi connectivity index (χ4v) is 2.62. The number of hydrogen-bond donors (Lipinski definition) is 0. The fraction of sp³-hybridized carbons (Fsp3) is 0.0741. The molecule has 0 unspecified atom stereocenters. The molecule has 0 spiro atoms. The Morgan fingerprint density at radius 1 is 0.633 bits per heavy atom. The maximum atomic E-state index is 5.38. The van der Waals surface area contributed by atoms with Gasteiger partial charge in [0.25, 0.3) is 0 Å². The Bertz CT molecular complexity index is 1010. The Labute approximate surface area is 177 Å². The van der Waals surface area contributed by atoms with Crippen LogP contribution in [-0.4, -0.2) is 18.2 Å². The molecule has 0 fully saturated rings. The van der Waals surface area contributed by atoms with Gasteiger partial charge in [0.05, 0.1) is 11.4 Å². The third-order valence-corrected chi connectivity index (χ3v) is 4.09. The molecule has 3 nitrogen and oxygen atoms in total. The second-order valence-electron chi connectivity index (χ2n) is 6.28. The topological polar surface area (TPSA) is 31.4 Å². The number of nitrogens with zero attached hydrogens (tertiary/aromatic N) is 1. The molecule has 30 heavy (non-hydrogen) atoms. The molecule has 0 atom stereocenters. The largest absolute Gasteiger partial charge is 0.481 e. The minimum Gasteiger partial charge on any atom is -0.481 e. The van der Waals surface area contributed by atoms with Crippen molar-refractivity contribution >= 4 is 24.3 Å². The van der Waals surface area contributed by atoms with Gasteiger partial charge < -0.3 is 9.47 Å². The summed E-state index contributed by atoms with van der Waals surface area (Å²) in [5.74, 6) is 6.41. The van der Waals surface area contributed by atoms with E-state index in [9.17, 15) is 0 Å². The van der Waals surface area contributed by atoms with Gasteiger partial charge in [-0.05, 0) is 59.7 Å². The summed E-state index contributed by atoms with van der Waals surface area (Å²) in [6.07, 6.45) is 18.4. The lowest BCUT2D eigenvalue weighted by Gasteiger charge is -2.02. The van der Waals surface area contributed by atoms with Crippen molar-refractivity contribution in [2.24, 2.45) is 0 Å². The molecular formula is C27H21NO2. The molecule has 146 valence electrons. The van der Waals surface area contributed by atoms with E-state index in [1.165, 1.54) is 0 Å². The molecule has 0 aliphatic rings. The zero-order valence-electron chi connectivity index (χ0n) is 16.5. The first-order chi connectivity index (χ1) is 14.8. The van der Waals surface area contributed by atoms with Crippen molar-refractivity contribution < 1.29 is 9.47 Å². The minimum absolute atomic E-state index is 0.267. The van der Waals surface area contributed by atoms with E-state index in [0.717, 1.165) is 34.0 Å². The van der Waals surface area contributed by atoms with Crippen LogP contribution in [0.15, 0.2) is 66.7 Å². The molecule has 0 saturated heterocycles. The van der Waals surface area contributed by atoms with E-state index >= 15 is 0 Å². The van der Waals surface area contributed by atoms with Gasteiger partial charge >= 0.3 is 0 Å². The third-order valence-electron chi connectivity index (χ3n) is 4.09. The van der Waals surface area contributed by atoms with Crippen molar-refractivity contribution in [3.05, 3.63) is 89.2 Å². The van der Waals surface area contributed by atoms with Gasteiger partial charge in [0.1, 0.15) is 24.7 Å². The Balaban J connectivity index is 1.63. The molecule has 3 rings (SSSR count). The van der Waals surface area contributed by atoms with Crippen LogP contribution in [0.4, 0.5) is 0 Å². The van der Waals surface area contributed by atoms with Crippen LogP contribution in [0, 0.1) is 24.7 Å². The van der Waals surface area contributed by atoms with Crippen molar-refractivity contribution in [1.82, 2.24) is 4.98 Å². The lowest BCUT2D eigenvalue weighted by molar-refractivity contribution is 0.370. The molecule has 3 aromatic rings. The zero-order valence-corrected chi connectivity index (χ0v) is 16.5. The quantitative estimate of drug-likeness (QED) is 0.479. The summed E-state index contributed by atoms with van der Waals surface area (Å²) in [4.78, 5) is 4.65. The summed E-state index contributed by atoms with van der Waals surface area (Å²) in [5.41, 5.74) is 3.86. The number of aromatic nitrogens is 1. The maximum Gasteiger partial charge on any atom is 0.148 e. The van der Waals surface area contributed by atoms with Crippen LogP contribution in [-0.2, 0) is 0 Å². The molecule has 1 aromatic heterocycles. The van der Waals surface area contributed by atoms with Gasteiger partial charge in [-0.3, -0.25) is 0 Å². The molecule has 3 heteroatoms. The lowest BCUT2D eigenvalue weighted by Crippen LogP contribution is -1.92. The van der Waals surface area contributed by atoms with Gasteiger partial charge in [-0.2, -0.15) is 0 Å². The average Bonchev–Trinajstić information content (AvgIpc) is 2.80. The normalized spacial score (nSPS) is 10.6. The van der Waals surface area contributed by atoms with Gasteiger partial charge in [0, 0.05) is 0 Å². The van der Waals surface area contributed by atoms with E-state index in [1.807, 2.05) is 91.0 Å². The summed E-state index contributed by atoms with van der Waals surface area (Å²) in [6, 6.07) is 21.4. The Kier molecular flexibility index (Phi) is 7.49. The highest BCUT2D eigenvalue weighted by molar-refractivity contribution is 5.71. The van der Waals surface area contributed by atoms with E-state index in [4.69, 9.17) is 22.3 Å². The van der Waals surface area contributed by atoms with Gasteiger partial charge in [-0.1, -0.05) is 54.3 Å². The minimum atomic E-state index is 0.267. The van der Waals surface area contributed by atoms with Gasteiger partial charge in [-0.25, -0.2) is 4.98 Å². The average molecular weight is 391 g/mol. The van der Waals surface area contributed by atoms with Crippen LogP contribution < -0.4 is 9.47 Å². The van der Waals surface area contributed by atoms with Crippen molar-refractivity contribution in [1.29, 1.82) is 0 Å². The molecule has 0 aliphatic heterocycles. The second-order valence-corrected chi connectivity index (χ2v) is 6.28. The zero-order chi connectivity index (χ0) is 21.0. The predicted octanol–water partition coefficient (Wildman–Crippen LogP) is 5.45.